The molecule has 4 nitrogen and oxygen atoms in total. The number of fused-ring (bicyclic) bond motifs is 2. The Morgan fingerprint density at radius 1 is 1.03 bits per heavy atom. The molecule has 5 heteroatoms. The van der Waals surface area contributed by atoms with Crippen LogP contribution in [-0.2, 0) is 9.53 Å². The fourth-order valence-corrected chi connectivity index (χ4v) is 6.11. The standard InChI is InChI=1S/C25H44O4S/c1-2-11-20(26)12-7-9-18-30-19-10-8-14-22-21(23-16-17-24(22)29-23)13-5-3-4-6-15-25(27)28/h3,5,20-24,26H,2,4,6-19H2,1H3,(H,27,28)/b5-3-/t20?,21-,22+,23-,24+/m1/s1. The molecule has 1 unspecified atom stereocenters. The van der Waals surface area contributed by atoms with Gasteiger partial charge in [-0.3, -0.25) is 4.79 Å². The van der Waals surface area contributed by atoms with Crippen molar-refractivity contribution in [2.24, 2.45) is 11.8 Å². The lowest BCUT2D eigenvalue weighted by molar-refractivity contribution is -0.137. The Balaban J connectivity index is 1.52. The molecule has 2 heterocycles. The number of carbonyl (C=O) groups is 1. The number of ether oxygens (including phenoxy) is 1. The van der Waals surface area contributed by atoms with Crippen LogP contribution >= 0.6 is 11.8 Å². The van der Waals surface area contributed by atoms with E-state index in [0.717, 1.165) is 50.9 Å². The zero-order valence-electron chi connectivity index (χ0n) is 19.0. The van der Waals surface area contributed by atoms with E-state index >= 15 is 0 Å². The summed E-state index contributed by atoms with van der Waals surface area (Å²) >= 11 is 2.07. The highest BCUT2D eigenvalue weighted by molar-refractivity contribution is 7.99. The third kappa shape index (κ3) is 9.74. The highest BCUT2D eigenvalue weighted by Gasteiger charge is 2.47. The van der Waals surface area contributed by atoms with Crippen LogP contribution in [0.25, 0.3) is 0 Å². The quantitative estimate of drug-likeness (QED) is 0.196. The number of rotatable bonds is 18. The van der Waals surface area contributed by atoms with Crippen LogP contribution < -0.4 is 0 Å². The Morgan fingerprint density at radius 3 is 2.50 bits per heavy atom. The van der Waals surface area contributed by atoms with E-state index in [1.54, 1.807) is 0 Å². The van der Waals surface area contributed by atoms with Gasteiger partial charge >= 0.3 is 5.97 Å². The van der Waals surface area contributed by atoms with Crippen molar-refractivity contribution in [2.75, 3.05) is 11.5 Å². The third-order valence-corrected chi connectivity index (χ3v) is 7.86. The number of allylic oxidation sites excluding steroid dienone is 2. The summed E-state index contributed by atoms with van der Waals surface area (Å²) in [6, 6.07) is 0. The lowest BCUT2D eigenvalue weighted by Crippen LogP contribution is -2.26. The van der Waals surface area contributed by atoms with Crippen LogP contribution in [0.1, 0.15) is 96.8 Å². The first-order chi connectivity index (χ1) is 14.6. The Bertz CT molecular complexity index is 496. The molecule has 0 spiro atoms. The van der Waals surface area contributed by atoms with Gasteiger partial charge in [-0.05, 0) is 87.5 Å². The number of thioether (sulfide) groups is 1. The molecule has 2 saturated heterocycles. The van der Waals surface area contributed by atoms with E-state index in [1.165, 1.54) is 50.0 Å². The van der Waals surface area contributed by atoms with Gasteiger partial charge in [0.2, 0.25) is 0 Å². The van der Waals surface area contributed by atoms with Crippen LogP contribution in [-0.4, -0.2) is 46.0 Å². The van der Waals surface area contributed by atoms with Crippen LogP contribution in [0.2, 0.25) is 0 Å². The average Bonchev–Trinajstić information content (AvgIpc) is 3.31. The molecule has 2 bridgehead atoms. The van der Waals surface area contributed by atoms with Gasteiger partial charge in [-0.25, -0.2) is 0 Å². The zero-order chi connectivity index (χ0) is 21.6. The van der Waals surface area contributed by atoms with Gasteiger partial charge in [0.25, 0.3) is 0 Å². The summed E-state index contributed by atoms with van der Waals surface area (Å²) in [5.74, 6) is 3.17. The summed E-state index contributed by atoms with van der Waals surface area (Å²) in [6.07, 6.45) is 20.0. The third-order valence-electron chi connectivity index (χ3n) is 6.70. The Hall–Kier alpha value is -0.520. The molecule has 0 aromatic rings. The fourth-order valence-electron chi connectivity index (χ4n) is 5.09. The number of carboxylic acids is 1. The maximum absolute atomic E-state index is 10.6. The van der Waals surface area contributed by atoms with E-state index < -0.39 is 5.97 Å². The number of carboxylic acid groups (broad SMARTS) is 1. The predicted molar refractivity (Wildman–Crippen MR) is 126 cm³/mol. The van der Waals surface area contributed by atoms with Gasteiger partial charge in [-0.15, -0.1) is 0 Å². The lowest BCUT2D eigenvalue weighted by atomic mass is 9.75. The van der Waals surface area contributed by atoms with Crippen molar-refractivity contribution >= 4 is 17.7 Å². The highest BCUT2D eigenvalue weighted by atomic mass is 32.2. The largest absolute Gasteiger partial charge is 0.481 e. The van der Waals surface area contributed by atoms with E-state index in [2.05, 4.69) is 30.8 Å². The molecule has 2 rings (SSSR count). The summed E-state index contributed by atoms with van der Waals surface area (Å²) < 4.78 is 6.23. The molecule has 174 valence electrons. The normalized spacial score (nSPS) is 26.6. The van der Waals surface area contributed by atoms with Gasteiger partial charge < -0.3 is 14.9 Å². The summed E-state index contributed by atoms with van der Waals surface area (Å²) in [4.78, 5) is 10.6. The topological polar surface area (TPSA) is 66.8 Å². The number of hydrogen-bond acceptors (Lipinski definition) is 4. The second-order valence-corrected chi connectivity index (χ2v) is 10.4. The molecule has 0 radical (unpaired) electrons. The first-order valence-electron chi connectivity index (χ1n) is 12.4. The van der Waals surface area contributed by atoms with Crippen LogP contribution in [0.3, 0.4) is 0 Å². The number of aliphatic hydroxyl groups excluding tert-OH is 1. The average molecular weight is 441 g/mol. The van der Waals surface area contributed by atoms with Gasteiger partial charge in [-0.1, -0.05) is 38.3 Å². The van der Waals surface area contributed by atoms with Crippen molar-refractivity contribution in [2.45, 2.75) is 115 Å². The molecule has 0 saturated carbocycles. The Morgan fingerprint density at radius 2 is 1.77 bits per heavy atom. The second kappa shape index (κ2) is 15.3. The fraction of sp³-hybridized carbons (Fsp3) is 0.880. The summed E-state index contributed by atoms with van der Waals surface area (Å²) in [5.41, 5.74) is 0. The van der Waals surface area contributed by atoms with Crippen molar-refractivity contribution in [1.29, 1.82) is 0 Å². The molecular weight excluding hydrogens is 396 g/mol. The van der Waals surface area contributed by atoms with Crippen LogP contribution in [0, 0.1) is 11.8 Å². The minimum absolute atomic E-state index is 0.0866. The molecule has 0 amide bonds. The molecular formula is C25H44O4S. The van der Waals surface area contributed by atoms with Crippen molar-refractivity contribution in [3.8, 4) is 0 Å². The summed E-state index contributed by atoms with van der Waals surface area (Å²) in [6.45, 7) is 2.13. The Labute approximate surface area is 188 Å². The summed E-state index contributed by atoms with van der Waals surface area (Å²) in [5, 5.41) is 18.5. The van der Waals surface area contributed by atoms with Crippen molar-refractivity contribution < 1.29 is 19.7 Å². The van der Waals surface area contributed by atoms with Crippen LogP contribution in [0.5, 0.6) is 0 Å². The molecule has 2 aliphatic heterocycles. The minimum atomic E-state index is -0.700. The number of unbranched alkanes of at least 4 members (excludes halogenated alkanes) is 3. The first-order valence-corrected chi connectivity index (χ1v) is 13.5. The van der Waals surface area contributed by atoms with Crippen LogP contribution in [0.4, 0.5) is 0 Å². The highest BCUT2D eigenvalue weighted by Crippen LogP contribution is 2.47. The molecule has 5 atom stereocenters. The summed E-state index contributed by atoms with van der Waals surface area (Å²) in [7, 11) is 0. The lowest BCUT2D eigenvalue weighted by Gasteiger charge is -2.27. The predicted octanol–water partition coefficient (Wildman–Crippen LogP) is 6.22. The SMILES string of the molecule is CCCC(O)CCCCSCCCC[C@H]1[C@@H](C/C=C\CCCC(=O)O)[C@H]2CC[C@@H]1O2. The smallest absolute Gasteiger partial charge is 0.303 e. The molecule has 30 heavy (non-hydrogen) atoms. The maximum atomic E-state index is 10.6. The van der Waals surface area contributed by atoms with Crippen molar-refractivity contribution in [3.63, 3.8) is 0 Å². The molecule has 2 fully saturated rings. The molecule has 2 N–H and O–H groups in total. The zero-order valence-corrected chi connectivity index (χ0v) is 19.8. The van der Waals surface area contributed by atoms with Crippen molar-refractivity contribution in [1.82, 2.24) is 0 Å². The minimum Gasteiger partial charge on any atom is -0.481 e. The van der Waals surface area contributed by atoms with Crippen LogP contribution in [0.15, 0.2) is 12.2 Å². The maximum Gasteiger partial charge on any atom is 0.303 e. The van der Waals surface area contributed by atoms with Gasteiger partial charge in [0.15, 0.2) is 0 Å². The molecule has 0 aromatic carbocycles. The molecule has 0 aromatic heterocycles. The van der Waals surface area contributed by atoms with Gasteiger partial charge in [0.05, 0.1) is 18.3 Å². The van der Waals surface area contributed by atoms with E-state index in [0.29, 0.717) is 18.1 Å². The van der Waals surface area contributed by atoms with E-state index in [9.17, 15) is 9.90 Å². The molecule has 2 aliphatic rings. The van der Waals surface area contributed by atoms with Gasteiger partial charge in [-0.2, -0.15) is 11.8 Å². The molecule has 0 aliphatic carbocycles. The van der Waals surface area contributed by atoms with Gasteiger partial charge in [0, 0.05) is 6.42 Å². The van der Waals surface area contributed by atoms with E-state index in [1.807, 2.05) is 0 Å². The number of hydrogen-bond donors (Lipinski definition) is 2. The number of aliphatic carboxylic acids is 1. The Kier molecular flexibility index (Phi) is 13.1. The number of aliphatic hydroxyl groups is 1. The van der Waals surface area contributed by atoms with E-state index in [-0.39, 0.29) is 12.5 Å². The monoisotopic (exact) mass is 440 g/mol. The second-order valence-electron chi connectivity index (χ2n) is 9.16. The van der Waals surface area contributed by atoms with E-state index in [4.69, 9.17) is 9.84 Å². The van der Waals surface area contributed by atoms with Crippen molar-refractivity contribution in [3.05, 3.63) is 12.2 Å². The van der Waals surface area contributed by atoms with Gasteiger partial charge in [0.1, 0.15) is 0 Å². The first kappa shape index (κ1) is 25.7.